The van der Waals surface area contributed by atoms with Crippen LogP contribution in [0.3, 0.4) is 0 Å². The van der Waals surface area contributed by atoms with Crippen molar-refractivity contribution in [2.45, 2.75) is 53.9 Å². The molecule has 0 amide bonds. The van der Waals surface area contributed by atoms with E-state index in [0.717, 1.165) is 5.92 Å². The fourth-order valence-corrected chi connectivity index (χ4v) is 2.70. The van der Waals surface area contributed by atoms with Crippen LogP contribution in [0.5, 0.6) is 0 Å². The van der Waals surface area contributed by atoms with Crippen LogP contribution in [-0.2, 0) is 0 Å². The smallest absolute Gasteiger partial charge is 0.0220 e. The van der Waals surface area contributed by atoms with Crippen LogP contribution in [0.4, 0.5) is 0 Å². The van der Waals surface area contributed by atoms with Gasteiger partial charge in [-0.15, -0.1) is 0 Å². The van der Waals surface area contributed by atoms with Gasteiger partial charge in [-0.2, -0.15) is 0 Å². The molecule has 1 saturated carbocycles. The van der Waals surface area contributed by atoms with Crippen molar-refractivity contribution in [3.05, 3.63) is 0 Å². The lowest BCUT2D eigenvalue weighted by molar-refractivity contribution is 0.179. The van der Waals surface area contributed by atoms with Crippen LogP contribution >= 0.6 is 0 Å². The molecule has 0 aromatic rings. The summed E-state index contributed by atoms with van der Waals surface area (Å²) >= 11 is 0. The molecule has 0 nitrogen and oxygen atoms in total. The second-order valence-electron chi connectivity index (χ2n) is 5.26. The van der Waals surface area contributed by atoms with Gasteiger partial charge in [-0.25, -0.2) is 0 Å². The Hall–Kier alpha value is 0. The van der Waals surface area contributed by atoms with Crippen molar-refractivity contribution >= 4 is 0 Å². The first-order valence-corrected chi connectivity index (χ1v) is 4.94. The van der Waals surface area contributed by atoms with Crippen LogP contribution < -0.4 is 0 Å². The van der Waals surface area contributed by atoms with Gasteiger partial charge < -0.3 is 0 Å². The maximum Gasteiger partial charge on any atom is -0.0220 e. The van der Waals surface area contributed by atoms with Gasteiger partial charge in [0.25, 0.3) is 0 Å². The number of hydrogen-bond donors (Lipinski definition) is 0. The van der Waals surface area contributed by atoms with Crippen LogP contribution in [0.15, 0.2) is 0 Å². The Morgan fingerprint density at radius 2 is 1.82 bits per heavy atom. The van der Waals surface area contributed by atoms with Gasteiger partial charge in [0.1, 0.15) is 0 Å². The maximum atomic E-state index is 2.40. The molecule has 0 N–H and O–H groups in total. The highest BCUT2D eigenvalue weighted by atomic mass is 14.6. The van der Waals surface area contributed by atoms with Gasteiger partial charge in [0.05, 0.1) is 0 Å². The molecule has 0 bridgehead atoms. The molecular weight excluding hydrogens is 132 g/mol. The molecule has 0 heterocycles. The molecule has 0 saturated heterocycles. The Balaban J connectivity index is 2.64. The Labute approximate surface area is 71.4 Å². The van der Waals surface area contributed by atoms with Gasteiger partial charge in [-0.1, -0.05) is 41.0 Å². The first kappa shape index (κ1) is 9.09. The molecule has 1 aliphatic rings. The van der Waals surface area contributed by atoms with Crippen molar-refractivity contribution in [1.29, 1.82) is 0 Å². The van der Waals surface area contributed by atoms with Crippen LogP contribution in [0.1, 0.15) is 53.9 Å². The van der Waals surface area contributed by atoms with Crippen LogP contribution in [-0.4, -0.2) is 0 Å². The van der Waals surface area contributed by atoms with E-state index in [-0.39, 0.29) is 0 Å². The predicted molar refractivity (Wildman–Crippen MR) is 50.6 cm³/mol. The summed E-state index contributed by atoms with van der Waals surface area (Å²) < 4.78 is 0. The second-order valence-corrected chi connectivity index (χ2v) is 5.26. The van der Waals surface area contributed by atoms with Crippen molar-refractivity contribution in [1.82, 2.24) is 0 Å². The van der Waals surface area contributed by atoms with Crippen LogP contribution in [0.25, 0.3) is 0 Å². The van der Waals surface area contributed by atoms with E-state index in [1.54, 1.807) is 0 Å². The van der Waals surface area contributed by atoms with Gasteiger partial charge >= 0.3 is 0 Å². The minimum Gasteiger partial charge on any atom is -0.0654 e. The highest BCUT2D eigenvalue weighted by molar-refractivity contribution is 5.06. The third kappa shape index (κ3) is 1.32. The van der Waals surface area contributed by atoms with Crippen LogP contribution in [0.2, 0.25) is 0 Å². The average molecular weight is 154 g/mol. The molecule has 0 radical (unpaired) electrons. The van der Waals surface area contributed by atoms with Crippen LogP contribution in [0, 0.1) is 16.7 Å². The lowest BCUT2D eigenvalue weighted by atomic mass is 9.73. The van der Waals surface area contributed by atoms with Crippen molar-refractivity contribution in [2.24, 2.45) is 16.7 Å². The standard InChI is InChI=1S/C11H22/c1-6-7-11(8-9(11)2)10(3,4)5/h9H,6-8H2,1-5H3. The minimum atomic E-state index is 0.530. The molecule has 0 aromatic carbocycles. The quantitative estimate of drug-likeness (QED) is 0.566. The summed E-state index contributed by atoms with van der Waals surface area (Å²) in [5.41, 5.74) is 1.23. The molecule has 1 aliphatic carbocycles. The fourth-order valence-electron chi connectivity index (χ4n) is 2.70. The van der Waals surface area contributed by atoms with Crippen molar-refractivity contribution in [2.75, 3.05) is 0 Å². The Morgan fingerprint density at radius 1 is 1.36 bits per heavy atom. The summed E-state index contributed by atoms with van der Waals surface area (Å²) in [7, 11) is 0. The number of rotatable bonds is 2. The Morgan fingerprint density at radius 3 is 1.91 bits per heavy atom. The summed E-state index contributed by atoms with van der Waals surface area (Å²) in [5, 5.41) is 0. The summed E-state index contributed by atoms with van der Waals surface area (Å²) in [6.45, 7) is 11.9. The largest absolute Gasteiger partial charge is 0.0654 e. The predicted octanol–water partition coefficient (Wildman–Crippen LogP) is 3.86. The van der Waals surface area contributed by atoms with E-state index in [9.17, 15) is 0 Å². The zero-order valence-corrected chi connectivity index (χ0v) is 8.70. The normalized spacial score (nSPS) is 37.4. The topological polar surface area (TPSA) is 0 Å². The summed E-state index contributed by atoms with van der Waals surface area (Å²) in [5.74, 6) is 0.974. The monoisotopic (exact) mass is 154 g/mol. The minimum absolute atomic E-state index is 0.530. The molecule has 1 fully saturated rings. The SMILES string of the molecule is CCCC1(C(C)(C)C)CC1C. The average Bonchev–Trinajstić information content (AvgIpc) is 2.42. The maximum absolute atomic E-state index is 2.40. The zero-order valence-electron chi connectivity index (χ0n) is 8.70. The fraction of sp³-hybridized carbons (Fsp3) is 1.00. The molecule has 1 rings (SSSR count). The molecule has 0 aromatic heterocycles. The number of hydrogen-bond acceptors (Lipinski definition) is 0. The van der Waals surface area contributed by atoms with Crippen molar-refractivity contribution in [3.63, 3.8) is 0 Å². The third-order valence-electron chi connectivity index (χ3n) is 3.64. The molecular formula is C11H22. The van der Waals surface area contributed by atoms with Gasteiger partial charge in [0.15, 0.2) is 0 Å². The van der Waals surface area contributed by atoms with E-state index >= 15 is 0 Å². The molecule has 0 aliphatic heterocycles. The van der Waals surface area contributed by atoms with E-state index in [0.29, 0.717) is 10.8 Å². The highest BCUT2D eigenvalue weighted by Crippen LogP contribution is 2.65. The summed E-state index contributed by atoms with van der Waals surface area (Å²) in [4.78, 5) is 0. The van der Waals surface area contributed by atoms with Gasteiger partial charge in [-0.3, -0.25) is 0 Å². The molecule has 2 atom stereocenters. The Kier molecular flexibility index (Phi) is 2.07. The second kappa shape index (κ2) is 2.50. The van der Waals surface area contributed by atoms with E-state index < -0.39 is 0 Å². The molecule has 66 valence electrons. The summed E-state index contributed by atoms with van der Waals surface area (Å²) in [6, 6.07) is 0. The molecule has 2 unspecified atom stereocenters. The third-order valence-corrected chi connectivity index (χ3v) is 3.64. The summed E-state index contributed by atoms with van der Waals surface area (Å²) in [6.07, 6.45) is 4.24. The van der Waals surface area contributed by atoms with E-state index in [1.807, 2.05) is 0 Å². The van der Waals surface area contributed by atoms with E-state index in [4.69, 9.17) is 0 Å². The van der Waals surface area contributed by atoms with Gasteiger partial charge in [-0.05, 0) is 29.6 Å². The molecule has 0 heteroatoms. The molecule has 11 heavy (non-hydrogen) atoms. The lowest BCUT2D eigenvalue weighted by Crippen LogP contribution is -2.23. The van der Waals surface area contributed by atoms with E-state index in [1.165, 1.54) is 19.3 Å². The van der Waals surface area contributed by atoms with Gasteiger partial charge in [0.2, 0.25) is 0 Å². The zero-order chi connectivity index (χ0) is 8.70. The Bertz CT molecular complexity index is 141. The van der Waals surface area contributed by atoms with Crippen molar-refractivity contribution < 1.29 is 0 Å². The van der Waals surface area contributed by atoms with Crippen molar-refractivity contribution in [3.8, 4) is 0 Å². The van der Waals surface area contributed by atoms with Gasteiger partial charge in [0, 0.05) is 0 Å². The first-order valence-electron chi connectivity index (χ1n) is 4.94. The highest BCUT2D eigenvalue weighted by Gasteiger charge is 2.56. The molecule has 0 spiro atoms. The first-order chi connectivity index (χ1) is 4.94. The van der Waals surface area contributed by atoms with E-state index in [2.05, 4.69) is 34.6 Å². The lowest BCUT2D eigenvalue weighted by Gasteiger charge is -2.31.